The quantitative estimate of drug-likeness (QED) is 0.756. The Labute approximate surface area is 109 Å². The molecule has 1 fully saturated rings. The van der Waals surface area contributed by atoms with Crippen molar-refractivity contribution in [2.24, 2.45) is 11.7 Å². The van der Waals surface area contributed by atoms with Gasteiger partial charge in [-0.05, 0) is 44.4 Å². The average Bonchev–Trinajstić information content (AvgIpc) is 2.29. The molecule has 0 aromatic carbocycles. The fourth-order valence-electron chi connectivity index (χ4n) is 2.23. The van der Waals surface area contributed by atoms with E-state index >= 15 is 0 Å². The lowest BCUT2D eigenvalue weighted by molar-refractivity contribution is -0.123. The van der Waals surface area contributed by atoms with E-state index in [0.29, 0.717) is 12.0 Å². The van der Waals surface area contributed by atoms with E-state index in [1.807, 2.05) is 6.26 Å². The van der Waals surface area contributed by atoms with E-state index in [1.54, 1.807) is 11.8 Å². The molecule has 5 heteroatoms. The zero-order valence-corrected chi connectivity index (χ0v) is 11.9. The van der Waals surface area contributed by atoms with Gasteiger partial charge in [-0.1, -0.05) is 6.92 Å². The molecule has 3 atom stereocenters. The number of nitrogens with zero attached hydrogens (tertiary/aromatic N) is 1. The fraction of sp³-hybridized carbons (Fsp3) is 0.917. The minimum atomic E-state index is -0.352. The van der Waals surface area contributed by atoms with E-state index in [9.17, 15) is 4.79 Å². The number of nitrogens with one attached hydrogen (secondary N) is 1. The van der Waals surface area contributed by atoms with Crippen LogP contribution in [0, 0.1) is 5.92 Å². The molecule has 1 saturated heterocycles. The monoisotopic (exact) mass is 259 g/mol. The molecule has 1 heterocycles. The number of thioether (sulfide) groups is 1. The minimum Gasteiger partial charge on any atom is -0.352 e. The van der Waals surface area contributed by atoms with Crippen LogP contribution < -0.4 is 11.1 Å². The number of rotatable bonds is 5. The molecule has 1 amide bonds. The number of amides is 1. The zero-order valence-electron chi connectivity index (χ0n) is 11.1. The second-order valence-electron chi connectivity index (χ2n) is 5.03. The number of likely N-dealkylation sites (tertiary alicyclic amines) is 1. The molecule has 2 unspecified atom stereocenters. The lowest BCUT2D eigenvalue weighted by Gasteiger charge is -2.35. The van der Waals surface area contributed by atoms with Crippen molar-refractivity contribution in [3.8, 4) is 0 Å². The van der Waals surface area contributed by atoms with Gasteiger partial charge in [-0.25, -0.2) is 0 Å². The van der Waals surface area contributed by atoms with Gasteiger partial charge in [-0.15, -0.1) is 0 Å². The summed E-state index contributed by atoms with van der Waals surface area (Å²) in [4.78, 5) is 14.2. The first-order valence-electron chi connectivity index (χ1n) is 6.28. The summed E-state index contributed by atoms with van der Waals surface area (Å²) in [7, 11) is 2.12. The number of carbonyl (C=O) groups is 1. The maximum atomic E-state index is 11.9. The number of hydrogen-bond acceptors (Lipinski definition) is 4. The third-order valence-electron chi connectivity index (χ3n) is 3.41. The summed E-state index contributed by atoms with van der Waals surface area (Å²) in [6, 6.07) is -0.0617. The van der Waals surface area contributed by atoms with Crippen molar-refractivity contribution in [2.75, 3.05) is 32.1 Å². The molecule has 0 saturated carbocycles. The van der Waals surface area contributed by atoms with Gasteiger partial charge in [-0.2, -0.15) is 11.8 Å². The van der Waals surface area contributed by atoms with Crippen molar-refractivity contribution in [2.45, 2.75) is 31.8 Å². The van der Waals surface area contributed by atoms with Gasteiger partial charge in [0, 0.05) is 12.6 Å². The molecule has 17 heavy (non-hydrogen) atoms. The lowest BCUT2D eigenvalue weighted by atomic mass is 9.94. The summed E-state index contributed by atoms with van der Waals surface area (Å²) in [6.45, 7) is 4.29. The third kappa shape index (κ3) is 4.85. The smallest absolute Gasteiger partial charge is 0.237 e. The van der Waals surface area contributed by atoms with Crippen LogP contribution in [0.1, 0.15) is 19.8 Å². The summed E-state index contributed by atoms with van der Waals surface area (Å²) < 4.78 is 0. The first kappa shape index (κ1) is 14.8. The van der Waals surface area contributed by atoms with Crippen LogP contribution in [-0.4, -0.2) is 55.0 Å². The number of carbonyl (C=O) groups excluding carboxylic acids is 1. The van der Waals surface area contributed by atoms with Gasteiger partial charge < -0.3 is 16.0 Å². The highest BCUT2D eigenvalue weighted by Crippen LogP contribution is 2.15. The maximum absolute atomic E-state index is 11.9. The van der Waals surface area contributed by atoms with Crippen LogP contribution in [0.2, 0.25) is 0 Å². The predicted molar refractivity (Wildman–Crippen MR) is 74.2 cm³/mol. The molecule has 0 aromatic rings. The van der Waals surface area contributed by atoms with Crippen LogP contribution >= 0.6 is 11.8 Å². The average molecular weight is 259 g/mol. The molecule has 0 aliphatic carbocycles. The van der Waals surface area contributed by atoms with Gasteiger partial charge >= 0.3 is 0 Å². The molecule has 0 spiro atoms. The zero-order chi connectivity index (χ0) is 12.8. The van der Waals surface area contributed by atoms with E-state index in [2.05, 4.69) is 24.2 Å². The number of piperidine rings is 1. The molecule has 100 valence electrons. The van der Waals surface area contributed by atoms with E-state index < -0.39 is 0 Å². The maximum Gasteiger partial charge on any atom is 0.237 e. The molecule has 1 aliphatic rings. The highest BCUT2D eigenvalue weighted by molar-refractivity contribution is 7.98. The van der Waals surface area contributed by atoms with Gasteiger partial charge in [0.05, 0.1) is 6.04 Å². The van der Waals surface area contributed by atoms with Gasteiger partial charge in [0.15, 0.2) is 0 Å². The predicted octanol–water partition coefficient (Wildman–Crippen LogP) is 0.523. The van der Waals surface area contributed by atoms with Crippen molar-refractivity contribution in [3.63, 3.8) is 0 Å². The Balaban J connectivity index is 2.34. The molecule has 0 aromatic heterocycles. The fourth-order valence-corrected chi connectivity index (χ4v) is 2.72. The van der Waals surface area contributed by atoms with Gasteiger partial charge in [0.1, 0.15) is 0 Å². The topological polar surface area (TPSA) is 58.4 Å². The summed E-state index contributed by atoms with van der Waals surface area (Å²) in [5.74, 6) is 1.46. The largest absolute Gasteiger partial charge is 0.352 e. The normalized spacial score (nSPS) is 27.8. The van der Waals surface area contributed by atoms with Crippen molar-refractivity contribution in [3.05, 3.63) is 0 Å². The SMILES string of the molecule is CSCC[C@@H](N)C(=O)NC1CCN(C)CC1C. The molecule has 1 aliphatic heterocycles. The third-order valence-corrected chi connectivity index (χ3v) is 4.05. The number of hydrogen-bond donors (Lipinski definition) is 2. The molecule has 1 rings (SSSR count). The summed E-state index contributed by atoms with van der Waals surface area (Å²) in [5, 5.41) is 3.10. The Morgan fingerprint density at radius 1 is 1.65 bits per heavy atom. The van der Waals surface area contributed by atoms with Crippen molar-refractivity contribution >= 4 is 17.7 Å². The van der Waals surface area contributed by atoms with Crippen molar-refractivity contribution in [1.82, 2.24) is 10.2 Å². The first-order chi connectivity index (χ1) is 8.04. The van der Waals surface area contributed by atoms with E-state index in [-0.39, 0.29) is 11.9 Å². The first-order valence-corrected chi connectivity index (χ1v) is 7.67. The summed E-state index contributed by atoms with van der Waals surface area (Å²) >= 11 is 1.73. The van der Waals surface area contributed by atoms with E-state index in [1.165, 1.54) is 0 Å². The summed E-state index contributed by atoms with van der Waals surface area (Å²) in [6.07, 6.45) is 3.82. The molecular formula is C12H25N3OS. The van der Waals surface area contributed by atoms with E-state index in [4.69, 9.17) is 5.73 Å². The molecule has 4 nitrogen and oxygen atoms in total. The van der Waals surface area contributed by atoms with Crippen LogP contribution in [0.3, 0.4) is 0 Å². The summed E-state index contributed by atoms with van der Waals surface area (Å²) in [5.41, 5.74) is 5.86. The van der Waals surface area contributed by atoms with Crippen LogP contribution in [0.25, 0.3) is 0 Å². The molecule has 3 N–H and O–H groups in total. The molecule has 0 bridgehead atoms. The highest BCUT2D eigenvalue weighted by atomic mass is 32.2. The van der Waals surface area contributed by atoms with Crippen LogP contribution in [0.4, 0.5) is 0 Å². The highest BCUT2D eigenvalue weighted by Gasteiger charge is 2.26. The molecular weight excluding hydrogens is 234 g/mol. The Hall–Kier alpha value is -0.260. The second kappa shape index (κ2) is 7.24. The standard InChI is InChI=1S/C12H25N3OS/c1-9-8-15(2)6-4-11(9)14-12(16)10(13)5-7-17-3/h9-11H,4-8,13H2,1-3H3,(H,14,16)/t9?,10-,11?/m1/s1. The molecule has 0 radical (unpaired) electrons. The Bertz CT molecular complexity index is 250. The lowest BCUT2D eigenvalue weighted by Crippen LogP contribution is -2.52. The Morgan fingerprint density at radius 2 is 2.35 bits per heavy atom. The van der Waals surface area contributed by atoms with Crippen LogP contribution in [-0.2, 0) is 4.79 Å². The Morgan fingerprint density at radius 3 is 2.94 bits per heavy atom. The van der Waals surface area contributed by atoms with Gasteiger partial charge in [0.25, 0.3) is 0 Å². The van der Waals surface area contributed by atoms with Crippen LogP contribution in [0.15, 0.2) is 0 Å². The minimum absolute atomic E-state index is 0.0143. The second-order valence-corrected chi connectivity index (χ2v) is 6.02. The van der Waals surface area contributed by atoms with Gasteiger partial charge in [-0.3, -0.25) is 4.79 Å². The van der Waals surface area contributed by atoms with E-state index in [0.717, 1.165) is 31.7 Å². The van der Waals surface area contributed by atoms with Crippen molar-refractivity contribution < 1.29 is 4.79 Å². The van der Waals surface area contributed by atoms with Crippen molar-refractivity contribution in [1.29, 1.82) is 0 Å². The Kier molecular flexibility index (Phi) is 6.30. The van der Waals surface area contributed by atoms with Crippen LogP contribution in [0.5, 0.6) is 0 Å². The van der Waals surface area contributed by atoms with Gasteiger partial charge in [0.2, 0.25) is 5.91 Å². The number of nitrogens with two attached hydrogens (primary N) is 1.